The SMILES string of the molecule is Cc1ccccc1-c1cc(COC(CC2CCCCC2)c2cncs2)ccc1C(=O)O. The molecule has 0 spiro atoms. The van der Waals surface area contributed by atoms with Crippen molar-refractivity contribution in [3.63, 3.8) is 0 Å². The van der Waals surface area contributed by atoms with E-state index in [0.29, 0.717) is 18.1 Å². The van der Waals surface area contributed by atoms with Gasteiger partial charge in [0.25, 0.3) is 0 Å². The fourth-order valence-electron chi connectivity index (χ4n) is 4.54. The van der Waals surface area contributed by atoms with Crippen LogP contribution >= 0.6 is 11.3 Å². The standard InChI is InChI=1S/C26H29NO3S/c1-18-7-5-6-10-21(18)23-13-20(11-12-22(23)26(28)29)16-30-24(25-15-27-17-31-25)14-19-8-3-2-4-9-19/h5-7,10-13,15,17,19,24H,2-4,8-9,14,16H2,1H3,(H,28,29). The average molecular weight is 436 g/mol. The highest BCUT2D eigenvalue weighted by Gasteiger charge is 2.22. The summed E-state index contributed by atoms with van der Waals surface area (Å²) in [6.07, 6.45) is 9.53. The Morgan fingerprint density at radius 3 is 2.68 bits per heavy atom. The van der Waals surface area contributed by atoms with Crippen LogP contribution in [0, 0.1) is 12.8 Å². The molecule has 5 heteroatoms. The van der Waals surface area contributed by atoms with Crippen LogP contribution in [0.25, 0.3) is 11.1 Å². The van der Waals surface area contributed by atoms with Crippen molar-refractivity contribution in [3.05, 3.63) is 75.7 Å². The Labute approximate surface area is 187 Å². The smallest absolute Gasteiger partial charge is 0.336 e. The maximum Gasteiger partial charge on any atom is 0.336 e. The van der Waals surface area contributed by atoms with E-state index < -0.39 is 5.97 Å². The monoisotopic (exact) mass is 435 g/mol. The van der Waals surface area contributed by atoms with Crippen LogP contribution in [0.5, 0.6) is 0 Å². The van der Waals surface area contributed by atoms with Crippen LogP contribution in [-0.4, -0.2) is 16.1 Å². The number of aromatic nitrogens is 1. The summed E-state index contributed by atoms with van der Waals surface area (Å²) < 4.78 is 6.42. The lowest BCUT2D eigenvalue weighted by molar-refractivity contribution is 0.0210. The molecular formula is C26H29NO3S. The summed E-state index contributed by atoms with van der Waals surface area (Å²) in [5.74, 6) is -0.205. The highest BCUT2D eigenvalue weighted by atomic mass is 32.1. The van der Waals surface area contributed by atoms with Crippen molar-refractivity contribution in [2.75, 3.05) is 0 Å². The Hall–Kier alpha value is -2.50. The van der Waals surface area contributed by atoms with Crippen molar-refractivity contribution in [2.45, 2.75) is 58.2 Å². The first-order chi connectivity index (χ1) is 15.1. The number of aryl methyl sites for hydroxylation is 1. The van der Waals surface area contributed by atoms with E-state index in [0.717, 1.165) is 28.7 Å². The summed E-state index contributed by atoms with van der Waals surface area (Å²) in [4.78, 5) is 17.3. The minimum atomic E-state index is -0.912. The van der Waals surface area contributed by atoms with Gasteiger partial charge in [-0.3, -0.25) is 4.98 Å². The minimum absolute atomic E-state index is 0.0386. The van der Waals surface area contributed by atoms with Gasteiger partial charge in [0.1, 0.15) is 0 Å². The molecule has 1 atom stereocenters. The van der Waals surface area contributed by atoms with Gasteiger partial charge < -0.3 is 9.84 Å². The topological polar surface area (TPSA) is 59.4 Å². The van der Waals surface area contributed by atoms with Gasteiger partial charge in [0.2, 0.25) is 0 Å². The maximum absolute atomic E-state index is 11.8. The van der Waals surface area contributed by atoms with E-state index in [2.05, 4.69) is 4.98 Å². The Kier molecular flexibility index (Phi) is 7.15. The highest BCUT2D eigenvalue weighted by molar-refractivity contribution is 7.09. The fraction of sp³-hybridized carbons (Fsp3) is 0.385. The first-order valence-corrected chi connectivity index (χ1v) is 11.9. The number of thiazole rings is 1. The van der Waals surface area contributed by atoms with Crippen LogP contribution < -0.4 is 0 Å². The molecule has 1 aliphatic rings. The van der Waals surface area contributed by atoms with E-state index in [-0.39, 0.29) is 6.10 Å². The van der Waals surface area contributed by atoms with Crippen molar-refractivity contribution in [1.29, 1.82) is 0 Å². The van der Waals surface area contributed by atoms with Gasteiger partial charge in [0, 0.05) is 6.20 Å². The molecule has 1 heterocycles. The van der Waals surface area contributed by atoms with Crippen molar-refractivity contribution in [1.82, 2.24) is 4.98 Å². The molecule has 1 aliphatic carbocycles. The number of hydrogen-bond donors (Lipinski definition) is 1. The molecule has 4 nitrogen and oxygen atoms in total. The summed E-state index contributed by atoms with van der Waals surface area (Å²) in [5.41, 5.74) is 5.92. The highest BCUT2D eigenvalue weighted by Crippen LogP contribution is 2.36. The van der Waals surface area contributed by atoms with Gasteiger partial charge in [-0.25, -0.2) is 4.79 Å². The lowest BCUT2D eigenvalue weighted by Gasteiger charge is -2.26. The van der Waals surface area contributed by atoms with Crippen molar-refractivity contribution in [2.24, 2.45) is 5.92 Å². The second-order valence-corrected chi connectivity index (χ2v) is 9.36. The molecule has 4 rings (SSSR count). The molecule has 1 N–H and O–H groups in total. The number of carbonyl (C=O) groups is 1. The van der Waals surface area contributed by atoms with E-state index in [1.165, 1.54) is 37.0 Å². The molecule has 0 bridgehead atoms. The summed E-state index contributed by atoms with van der Waals surface area (Å²) in [5, 5.41) is 9.70. The van der Waals surface area contributed by atoms with Gasteiger partial charge in [-0.2, -0.15) is 0 Å². The van der Waals surface area contributed by atoms with E-state index in [1.807, 2.05) is 55.0 Å². The molecular weight excluding hydrogens is 406 g/mol. The molecule has 1 saturated carbocycles. The van der Waals surface area contributed by atoms with E-state index in [1.54, 1.807) is 17.4 Å². The lowest BCUT2D eigenvalue weighted by Crippen LogP contribution is -2.13. The van der Waals surface area contributed by atoms with Crippen molar-refractivity contribution >= 4 is 17.3 Å². The van der Waals surface area contributed by atoms with E-state index in [4.69, 9.17) is 4.74 Å². The molecule has 3 aromatic rings. The number of aromatic carboxylic acids is 1. The summed E-state index contributed by atoms with van der Waals surface area (Å²) in [7, 11) is 0. The zero-order chi connectivity index (χ0) is 21.6. The van der Waals surface area contributed by atoms with Gasteiger partial charge in [-0.05, 0) is 53.6 Å². The third-order valence-electron chi connectivity index (χ3n) is 6.24. The van der Waals surface area contributed by atoms with Gasteiger partial charge in [0.15, 0.2) is 0 Å². The van der Waals surface area contributed by atoms with Crippen LogP contribution in [0.1, 0.15) is 71.0 Å². The lowest BCUT2D eigenvalue weighted by atomic mass is 9.85. The number of carboxylic acid groups (broad SMARTS) is 1. The first-order valence-electron chi connectivity index (χ1n) is 11.0. The Balaban J connectivity index is 1.55. The molecule has 0 saturated heterocycles. The molecule has 1 aromatic heterocycles. The Bertz CT molecular complexity index is 1010. The zero-order valence-corrected chi connectivity index (χ0v) is 18.7. The minimum Gasteiger partial charge on any atom is -0.478 e. The van der Waals surface area contributed by atoms with Crippen molar-refractivity contribution < 1.29 is 14.6 Å². The van der Waals surface area contributed by atoms with Gasteiger partial charge >= 0.3 is 5.97 Å². The van der Waals surface area contributed by atoms with Crippen LogP contribution in [-0.2, 0) is 11.3 Å². The number of rotatable bonds is 8. The second kappa shape index (κ2) is 10.2. The summed E-state index contributed by atoms with van der Waals surface area (Å²) >= 11 is 1.65. The molecule has 0 amide bonds. The van der Waals surface area contributed by atoms with Gasteiger partial charge in [0.05, 0.1) is 28.7 Å². The van der Waals surface area contributed by atoms with E-state index in [9.17, 15) is 9.90 Å². The second-order valence-electron chi connectivity index (χ2n) is 8.44. The van der Waals surface area contributed by atoms with Gasteiger partial charge in [-0.15, -0.1) is 11.3 Å². The quantitative estimate of drug-likeness (QED) is 0.412. The van der Waals surface area contributed by atoms with Gasteiger partial charge in [-0.1, -0.05) is 62.4 Å². The third kappa shape index (κ3) is 5.41. The molecule has 0 radical (unpaired) electrons. The molecule has 31 heavy (non-hydrogen) atoms. The normalized spacial score (nSPS) is 15.6. The predicted octanol–water partition coefficient (Wildman–Crippen LogP) is 7.05. The van der Waals surface area contributed by atoms with Crippen LogP contribution in [0.15, 0.2) is 54.2 Å². The molecule has 1 unspecified atom stereocenters. The molecule has 1 fully saturated rings. The van der Waals surface area contributed by atoms with Crippen LogP contribution in [0.2, 0.25) is 0 Å². The summed E-state index contributed by atoms with van der Waals surface area (Å²) in [6, 6.07) is 13.4. The molecule has 162 valence electrons. The predicted molar refractivity (Wildman–Crippen MR) is 124 cm³/mol. The third-order valence-corrected chi connectivity index (χ3v) is 7.11. The van der Waals surface area contributed by atoms with Crippen molar-refractivity contribution in [3.8, 4) is 11.1 Å². The number of carboxylic acids is 1. The Morgan fingerprint density at radius 1 is 1.16 bits per heavy atom. The average Bonchev–Trinajstić information content (AvgIpc) is 3.32. The fourth-order valence-corrected chi connectivity index (χ4v) is 5.22. The van der Waals surface area contributed by atoms with Crippen LogP contribution in [0.3, 0.4) is 0 Å². The van der Waals surface area contributed by atoms with E-state index >= 15 is 0 Å². The van der Waals surface area contributed by atoms with Crippen LogP contribution in [0.4, 0.5) is 0 Å². The number of hydrogen-bond acceptors (Lipinski definition) is 4. The summed E-state index contributed by atoms with van der Waals surface area (Å²) in [6.45, 7) is 2.46. The largest absolute Gasteiger partial charge is 0.478 e. The molecule has 2 aromatic carbocycles. The Morgan fingerprint density at radius 2 is 1.97 bits per heavy atom. The number of benzene rings is 2. The molecule has 0 aliphatic heterocycles. The maximum atomic E-state index is 11.8. The number of nitrogens with zero attached hydrogens (tertiary/aromatic N) is 1. The first kappa shape index (κ1) is 21.7. The zero-order valence-electron chi connectivity index (χ0n) is 17.9. The number of ether oxygens (including phenoxy) is 1.